The highest BCUT2D eigenvalue weighted by molar-refractivity contribution is 6.31. The lowest BCUT2D eigenvalue weighted by molar-refractivity contribution is 0.0954. The van der Waals surface area contributed by atoms with Gasteiger partial charge in [0.2, 0.25) is 0 Å². The summed E-state index contributed by atoms with van der Waals surface area (Å²) in [5.74, 6) is 0.589. The fraction of sp³-hybridized carbons (Fsp3) is 0.562. The Balaban J connectivity index is 2.68. The van der Waals surface area contributed by atoms with Crippen LogP contribution < -0.4 is 0 Å². The topological polar surface area (TPSA) is 17.1 Å². The molecule has 0 amide bonds. The average molecular weight is 267 g/mol. The van der Waals surface area contributed by atoms with Crippen molar-refractivity contribution in [2.75, 3.05) is 0 Å². The molecule has 0 aliphatic rings. The molecule has 1 atom stereocenters. The van der Waals surface area contributed by atoms with E-state index in [-0.39, 0.29) is 11.2 Å². The molecule has 0 aromatic heterocycles. The van der Waals surface area contributed by atoms with Crippen molar-refractivity contribution < 1.29 is 4.79 Å². The summed E-state index contributed by atoms with van der Waals surface area (Å²) in [7, 11) is 0. The third-order valence-electron chi connectivity index (χ3n) is 2.99. The van der Waals surface area contributed by atoms with Crippen LogP contribution in [-0.4, -0.2) is 5.78 Å². The van der Waals surface area contributed by atoms with E-state index in [0.29, 0.717) is 17.4 Å². The number of hydrogen-bond acceptors (Lipinski definition) is 1. The maximum Gasteiger partial charge on any atom is 0.163 e. The molecule has 0 heterocycles. The van der Waals surface area contributed by atoms with Crippen molar-refractivity contribution in [3.05, 3.63) is 34.3 Å². The Hall–Kier alpha value is -0.820. The summed E-state index contributed by atoms with van der Waals surface area (Å²) in [5.41, 5.74) is 2.01. The van der Waals surface area contributed by atoms with Crippen LogP contribution in [0.15, 0.2) is 18.2 Å². The lowest BCUT2D eigenvalue weighted by Gasteiger charge is -2.22. The molecule has 1 aromatic rings. The van der Waals surface area contributed by atoms with Crippen molar-refractivity contribution >= 4 is 17.4 Å². The van der Waals surface area contributed by atoms with Crippen molar-refractivity contribution in [3.8, 4) is 0 Å². The van der Waals surface area contributed by atoms with Crippen molar-refractivity contribution in [2.24, 2.45) is 11.3 Å². The zero-order chi connectivity index (χ0) is 13.9. The van der Waals surface area contributed by atoms with Crippen LogP contribution in [0.3, 0.4) is 0 Å². The van der Waals surface area contributed by atoms with Gasteiger partial charge in [-0.15, -0.1) is 0 Å². The predicted octanol–water partition coefficient (Wildman–Crippen LogP) is 5.29. The Labute approximate surface area is 116 Å². The minimum absolute atomic E-state index is 0.189. The summed E-state index contributed by atoms with van der Waals surface area (Å²) in [6.45, 7) is 10.7. The normalized spacial score (nSPS) is 13.4. The first-order valence-electron chi connectivity index (χ1n) is 6.48. The summed E-state index contributed by atoms with van der Waals surface area (Å²) in [4.78, 5) is 12.1. The van der Waals surface area contributed by atoms with Crippen molar-refractivity contribution in [2.45, 2.75) is 47.5 Å². The van der Waals surface area contributed by atoms with Crippen molar-refractivity contribution in [1.29, 1.82) is 0 Å². The molecule has 0 spiro atoms. The minimum Gasteiger partial charge on any atom is -0.294 e. The second kappa shape index (κ2) is 5.88. The lowest BCUT2D eigenvalue weighted by Crippen LogP contribution is -2.14. The van der Waals surface area contributed by atoms with Crippen LogP contribution in [0.1, 0.15) is 56.5 Å². The van der Waals surface area contributed by atoms with Gasteiger partial charge in [0.15, 0.2) is 5.78 Å². The Morgan fingerprint density at radius 2 is 1.94 bits per heavy atom. The van der Waals surface area contributed by atoms with E-state index in [1.165, 1.54) is 0 Å². The number of benzene rings is 1. The molecular formula is C16H23ClO. The molecule has 0 aliphatic heterocycles. The summed E-state index contributed by atoms with van der Waals surface area (Å²) in [5, 5.41) is 0.671. The lowest BCUT2D eigenvalue weighted by atomic mass is 9.83. The Bertz CT molecular complexity index is 429. The van der Waals surface area contributed by atoms with Gasteiger partial charge in [0.1, 0.15) is 0 Å². The van der Waals surface area contributed by atoms with Crippen LogP contribution in [0.4, 0.5) is 0 Å². The summed E-state index contributed by atoms with van der Waals surface area (Å²) < 4.78 is 0. The number of aryl methyl sites for hydroxylation is 1. The van der Waals surface area contributed by atoms with Crippen LogP contribution >= 0.6 is 11.6 Å². The van der Waals surface area contributed by atoms with E-state index in [1.54, 1.807) is 6.07 Å². The van der Waals surface area contributed by atoms with Crippen LogP contribution in [0, 0.1) is 18.3 Å². The van der Waals surface area contributed by atoms with Crippen LogP contribution in [0.5, 0.6) is 0 Å². The van der Waals surface area contributed by atoms with E-state index in [1.807, 2.05) is 19.1 Å². The number of rotatable bonds is 4. The second-order valence-electron chi connectivity index (χ2n) is 6.46. The van der Waals surface area contributed by atoms with Gasteiger partial charge in [-0.3, -0.25) is 4.79 Å². The molecule has 0 bridgehead atoms. The Kier molecular flexibility index (Phi) is 4.98. The minimum atomic E-state index is 0.189. The van der Waals surface area contributed by atoms with Gasteiger partial charge < -0.3 is 0 Å². The molecule has 100 valence electrons. The number of ketones is 1. The van der Waals surface area contributed by atoms with E-state index in [4.69, 9.17) is 11.6 Å². The fourth-order valence-electron chi connectivity index (χ4n) is 2.32. The maximum atomic E-state index is 12.1. The van der Waals surface area contributed by atoms with Gasteiger partial charge in [0.25, 0.3) is 0 Å². The molecule has 1 aromatic carbocycles. The van der Waals surface area contributed by atoms with Gasteiger partial charge in [0.05, 0.1) is 0 Å². The van der Waals surface area contributed by atoms with Crippen LogP contribution in [0.25, 0.3) is 0 Å². The number of carbonyl (C=O) groups is 1. The van der Waals surface area contributed by atoms with Gasteiger partial charge in [-0.05, 0) is 36.3 Å². The Morgan fingerprint density at radius 3 is 2.44 bits per heavy atom. The summed E-state index contributed by atoms with van der Waals surface area (Å²) >= 11 is 6.05. The molecular weight excluding hydrogens is 244 g/mol. The van der Waals surface area contributed by atoms with Gasteiger partial charge in [-0.25, -0.2) is 0 Å². The predicted molar refractivity (Wildman–Crippen MR) is 78.4 cm³/mol. The SMILES string of the molecule is Cc1ccc(C(=O)CC(C)CC(C)(C)C)cc1Cl. The van der Waals surface area contributed by atoms with E-state index in [0.717, 1.165) is 17.5 Å². The van der Waals surface area contributed by atoms with E-state index < -0.39 is 0 Å². The molecule has 0 radical (unpaired) electrons. The molecule has 18 heavy (non-hydrogen) atoms. The first-order valence-corrected chi connectivity index (χ1v) is 6.86. The quantitative estimate of drug-likeness (QED) is 0.677. The number of carbonyl (C=O) groups excluding carboxylic acids is 1. The van der Waals surface area contributed by atoms with Gasteiger partial charge >= 0.3 is 0 Å². The molecule has 1 rings (SSSR count). The zero-order valence-corrected chi connectivity index (χ0v) is 12.8. The van der Waals surface area contributed by atoms with E-state index in [2.05, 4.69) is 27.7 Å². The summed E-state index contributed by atoms with van der Waals surface area (Å²) in [6, 6.07) is 5.56. The summed E-state index contributed by atoms with van der Waals surface area (Å²) in [6.07, 6.45) is 1.65. The fourth-order valence-corrected chi connectivity index (χ4v) is 2.50. The highest BCUT2D eigenvalue weighted by atomic mass is 35.5. The first-order chi connectivity index (χ1) is 8.19. The molecule has 1 unspecified atom stereocenters. The standard InChI is InChI=1S/C16H23ClO/c1-11(10-16(3,4)5)8-15(18)13-7-6-12(2)14(17)9-13/h6-7,9,11H,8,10H2,1-5H3. The molecule has 0 N–H and O–H groups in total. The van der Waals surface area contributed by atoms with Crippen molar-refractivity contribution in [3.63, 3.8) is 0 Å². The van der Waals surface area contributed by atoms with E-state index >= 15 is 0 Å². The van der Waals surface area contributed by atoms with Gasteiger partial charge in [-0.2, -0.15) is 0 Å². The third-order valence-corrected chi connectivity index (χ3v) is 3.40. The van der Waals surface area contributed by atoms with Gasteiger partial charge in [-0.1, -0.05) is 51.4 Å². The molecule has 1 nitrogen and oxygen atoms in total. The second-order valence-corrected chi connectivity index (χ2v) is 6.87. The monoisotopic (exact) mass is 266 g/mol. The molecule has 0 saturated heterocycles. The largest absolute Gasteiger partial charge is 0.294 e. The smallest absolute Gasteiger partial charge is 0.163 e. The zero-order valence-electron chi connectivity index (χ0n) is 12.0. The van der Waals surface area contributed by atoms with Crippen molar-refractivity contribution in [1.82, 2.24) is 0 Å². The average Bonchev–Trinajstić information content (AvgIpc) is 2.18. The molecule has 2 heteroatoms. The highest BCUT2D eigenvalue weighted by Crippen LogP contribution is 2.27. The number of Topliss-reactive ketones (excluding diaryl/α,β-unsaturated/α-hetero) is 1. The van der Waals surface area contributed by atoms with Gasteiger partial charge in [0, 0.05) is 17.0 Å². The first kappa shape index (κ1) is 15.2. The van der Waals surface area contributed by atoms with Crippen LogP contribution in [-0.2, 0) is 0 Å². The molecule has 0 aliphatic carbocycles. The maximum absolute atomic E-state index is 12.1. The number of halogens is 1. The van der Waals surface area contributed by atoms with Crippen LogP contribution in [0.2, 0.25) is 5.02 Å². The Morgan fingerprint density at radius 1 is 1.33 bits per heavy atom. The third kappa shape index (κ3) is 4.81. The van der Waals surface area contributed by atoms with E-state index in [9.17, 15) is 4.79 Å². The highest BCUT2D eigenvalue weighted by Gasteiger charge is 2.18. The molecule has 0 fully saturated rings. The molecule has 0 saturated carbocycles. The number of hydrogen-bond donors (Lipinski definition) is 0.